The van der Waals surface area contributed by atoms with Crippen molar-refractivity contribution in [2.24, 2.45) is 11.8 Å². The van der Waals surface area contributed by atoms with Gasteiger partial charge in [-0.1, -0.05) is 146 Å². The first-order chi connectivity index (χ1) is 44.5. The first-order valence-electron chi connectivity index (χ1n) is 28.5. The van der Waals surface area contributed by atoms with Crippen molar-refractivity contribution in [3.8, 4) is 11.5 Å². The summed E-state index contributed by atoms with van der Waals surface area (Å²) in [6, 6.07) is 39.7. The third-order valence-corrected chi connectivity index (χ3v) is 18.5. The fraction of sp³-hybridized carbons (Fsp3) is 0.111. The van der Waals surface area contributed by atoms with Gasteiger partial charge in [0, 0.05) is 66.1 Å². The molecule has 0 fully saturated rings. The molecule has 0 spiro atoms. The molecule has 14 nitrogen and oxygen atoms in total. The number of benzene rings is 6. The van der Waals surface area contributed by atoms with Crippen LogP contribution in [0.1, 0.15) is 83.2 Å². The Morgan fingerprint density at radius 2 is 0.674 bits per heavy atom. The highest BCUT2D eigenvalue weighted by Crippen LogP contribution is 2.58. The predicted molar refractivity (Wildman–Crippen MR) is 325 cm³/mol. The molecular weight excluding hydrogens is 1230 g/mol. The number of hydrogen-bond acceptors (Lipinski definition) is 16. The van der Waals surface area contributed by atoms with E-state index in [1.165, 1.54) is 24.3 Å². The molecule has 0 amide bonds. The van der Waals surface area contributed by atoms with E-state index in [2.05, 4.69) is 0 Å². The van der Waals surface area contributed by atoms with E-state index in [-0.39, 0.29) is 102 Å². The summed E-state index contributed by atoms with van der Waals surface area (Å²) in [4.78, 5) is 118. The molecule has 0 saturated heterocycles. The smallest absolute Gasteiger partial charge is 0.367 e. The zero-order chi connectivity index (χ0) is 63.7. The number of rotatable bonds is 14. The molecule has 8 aromatic rings. The van der Waals surface area contributed by atoms with Gasteiger partial charge in [-0.15, -0.1) is 22.7 Å². The third kappa shape index (κ3) is 10.0. The van der Waals surface area contributed by atoms with Crippen molar-refractivity contribution >= 4 is 93.0 Å². The summed E-state index contributed by atoms with van der Waals surface area (Å²) in [6.07, 6.45) is 8.91. The number of carbonyl (C=O) groups is 8. The standard InChI is InChI=1S/C72H42F4O14S2/c73-55-29-45-46(30-56(55)74)62(78)51(61(45)77)25-43-27-59-65(91-43)49-21-42-24-54-50(22-41(42)23-53(49)71(89-59,67(81)85-33-37-13-5-1-6-14-37)68(82)86-34-38-15-7-2-8-16-38)66-60(28-44(92-66)26-52-63(79)47-31-57(75)58(76)32-48(47)64(52)80)90-72(54,69(83)87-35-39-17-9-3-10-18-39)70(84)88-36-40-19-11-4-12-20-40/h1-32,41-42H,33-36H2. The molecule has 2 unspecified atom stereocenters. The predicted octanol–water partition coefficient (Wildman–Crippen LogP) is 13.1. The Kier molecular flexibility index (Phi) is 14.8. The van der Waals surface area contributed by atoms with Crippen molar-refractivity contribution < 1.29 is 84.3 Å². The van der Waals surface area contributed by atoms with Crippen LogP contribution in [-0.4, -0.2) is 58.2 Å². The number of allylic oxidation sites excluding steroid dienone is 6. The second-order valence-electron chi connectivity index (χ2n) is 22.0. The van der Waals surface area contributed by atoms with Gasteiger partial charge >= 0.3 is 35.1 Å². The van der Waals surface area contributed by atoms with Crippen LogP contribution in [0.25, 0.3) is 23.3 Å². The summed E-state index contributed by atoms with van der Waals surface area (Å²) in [6.45, 7) is -1.43. The molecule has 0 radical (unpaired) electrons. The molecule has 2 aromatic heterocycles. The summed E-state index contributed by atoms with van der Waals surface area (Å²) in [5.74, 6) is -16.0. The van der Waals surface area contributed by atoms with Crippen LogP contribution in [0, 0.1) is 35.1 Å². The number of ketones is 4. The Labute approximate surface area is 527 Å². The van der Waals surface area contributed by atoms with Crippen molar-refractivity contribution in [3.05, 3.63) is 292 Å². The van der Waals surface area contributed by atoms with Crippen LogP contribution < -0.4 is 9.47 Å². The van der Waals surface area contributed by atoms with Gasteiger partial charge in [0.1, 0.15) is 37.9 Å². The number of ether oxygens (including phenoxy) is 6. The van der Waals surface area contributed by atoms with Crippen molar-refractivity contribution in [3.63, 3.8) is 0 Å². The summed E-state index contributed by atoms with van der Waals surface area (Å²) in [7, 11) is 0. The SMILES string of the molecule is O=C1C(=Cc2cc3c(s2)C2=CC4C=C5C(=CC4C=C2C(C(=O)OCc2ccccc2)(C(=O)OCc2ccccc2)O3)c2sc(C=C3C(=O)c4cc(F)c(F)cc4C3=O)cc2OC5(C(=O)OCc2ccccc2)C(=O)OCc2ccccc2)C(=O)c2cc(F)c(F)cc21. The molecule has 2 aliphatic heterocycles. The van der Waals surface area contributed by atoms with E-state index < -0.39 is 104 Å². The third-order valence-electron chi connectivity index (χ3n) is 16.3. The molecule has 0 saturated carbocycles. The first-order valence-corrected chi connectivity index (χ1v) is 30.1. The molecule has 0 N–H and O–H groups in total. The van der Waals surface area contributed by atoms with Gasteiger partial charge in [-0.3, -0.25) is 19.2 Å². The maximum absolute atomic E-state index is 15.5. The van der Waals surface area contributed by atoms with Crippen LogP contribution in [0.3, 0.4) is 0 Å². The highest BCUT2D eigenvalue weighted by atomic mass is 32.1. The largest absolute Gasteiger partial charge is 0.458 e. The average molecular weight is 1270 g/mol. The number of halogens is 4. The molecular formula is C72H42F4O14S2. The van der Waals surface area contributed by atoms with Crippen molar-refractivity contribution in [2.45, 2.75) is 37.6 Å². The molecule has 4 aliphatic carbocycles. The number of Topliss-reactive ketones (excluding diaryl/α,β-unsaturated/α-hetero) is 4. The number of thiophene rings is 2. The summed E-state index contributed by atoms with van der Waals surface area (Å²) in [5.41, 5.74) is -5.64. The Bertz CT molecular complexity index is 4250. The Morgan fingerprint density at radius 3 is 0.946 bits per heavy atom. The number of esters is 4. The second kappa shape index (κ2) is 23.1. The molecule has 20 heteroatoms. The summed E-state index contributed by atoms with van der Waals surface area (Å²) < 4.78 is 95.8. The van der Waals surface area contributed by atoms with Crippen molar-refractivity contribution in [2.75, 3.05) is 0 Å². The van der Waals surface area contributed by atoms with E-state index >= 15 is 19.2 Å². The molecule has 4 heterocycles. The lowest BCUT2D eigenvalue weighted by Crippen LogP contribution is -2.58. The van der Waals surface area contributed by atoms with Gasteiger partial charge in [-0.25, -0.2) is 36.7 Å². The molecule has 454 valence electrons. The Hall–Kier alpha value is -11.0. The summed E-state index contributed by atoms with van der Waals surface area (Å²) in [5, 5.41) is 0. The van der Waals surface area contributed by atoms with Crippen LogP contribution in [0.15, 0.2) is 204 Å². The van der Waals surface area contributed by atoms with E-state index in [9.17, 15) is 36.7 Å². The monoisotopic (exact) mass is 1270 g/mol. The van der Waals surface area contributed by atoms with Gasteiger partial charge in [0.2, 0.25) is 0 Å². The molecule has 2 atom stereocenters. The van der Waals surface area contributed by atoms with Crippen LogP contribution >= 0.6 is 22.7 Å². The van der Waals surface area contributed by atoms with Crippen LogP contribution in [0.5, 0.6) is 11.5 Å². The van der Waals surface area contributed by atoms with Crippen LogP contribution in [0.2, 0.25) is 0 Å². The van der Waals surface area contributed by atoms with E-state index in [1.807, 2.05) is 0 Å². The van der Waals surface area contributed by atoms with Gasteiger partial charge in [-0.2, -0.15) is 0 Å². The minimum absolute atomic E-state index is 0.0890. The lowest BCUT2D eigenvalue weighted by Gasteiger charge is -2.42. The van der Waals surface area contributed by atoms with E-state index in [4.69, 9.17) is 28.4 Å². The highest BCUT2D eigenvalue weighted by molar-refractivity contribution is 7.15. The van der Waals surface area contributed by atoms with Crippen LogP contribution in [0.4, 0.5) is 17.6 Å². The second-order valence-corrected chi connectivity index (χ2v) is 24.2. The molecule has 92 heavy (non-hydrogen) atoms. The first kappa shape index (κ1) is 58.7. The quantitative estimate of drug-likeness (QED) is 0.0249. The van der Waals surface area contributed by atoms with Crippen LogP contribution in [-0.2, 0) is 64.6 Å². The van der Waals surface area contributed by atoms with Crippen molar-refractivity contribution in [1.29, 1.82) is 0 Å². The Balaban J connectivity index is 0.954. The number of carbonyl (C=O) groups excluding carboxylic acids is 8. The molecule has 14 rings (SSSR count). The molecule has 0 bridgehead atoms. The Morgan fingerprint density at radius 1 is 0.402 bits per heavy atom. The van der Waals surface area contributed by atoms with Gasteiger partial charge < -0.3 is 28.4 Å². The lowest BCUT2D eigenvalue weighted by atomic mass is 9.68. The fourth-order valence-electron chi connectivity index (χ4n) is 11.8. The summed E-state index contributed by atoms with van der Waals surface area (Å²) >= 11 is 1.92. The van der Waals surface area contributed by atoms with E-state index in [0.717, 1.165) is 22.7 Å². The number of fused-ring (bicyclic) bond motifs is 9. The zero-order valence-electron chi connectivity index (χ0n) is 47.5. The van der Waals surface area contributed by atoms with Gasteiger partial charge in [0.15, 0.2) is 46.4 Å². The maximum Gasteiger partial charge on any atom is 0.367 e. The topological polar surface area (TPSA) is 192 Å². The minimum atomic E-state index is -2.80. The zero-order valence-corrected chi connectivity index (χ0v) is 49.1. The van der Waals surface area contributed by atoms with E-state index in [0.29, 0.717) is 46.5 Å². The van der Waals surface area contributed by atoms with E-state index in [1.54, 1.807) is 146 Å². The lowest BCUT2D eigenvalue weighted by molar-refractivity contribution is -0.179. The van der Waals surface area contributed by atoms with Crippen molar-refractivity contribution in [1.82, 2.24) is 0 Å². The highest BCUT2D eigenvalue weighted by Gasteiger charge is 2.63. The molecule has 6 aromatic carbocycles. The van der Waals surface area contributed by atoms with Gasteiger partial charge in [0.25, 0.3) is 0 Å². The minimum Gasteiger partial charge on any atom is -0.458 e. The fourth-order valence-corrected chi connectivity index (χ4v) is 14.0. The van der Waals surface area contributed by atoms with Gasteiger partial charge in [-0.05, 0) is 70.8 Å². The molecule has 6 aliphatic rings. The maximum atomic E-state index is 15.5. The number of hydrogen-bond donors (Lipinski definition) is 0. The average Bonchev–Trinajstić information content (AvgIpc) is 1.12. The van der Waals surface area contributed by atoms with Gasteiger partial charge in [0.05, 0.1) is 20.9 Å². The normalized spacial score (nSPS) is 17.5.